The van der Waals surface area contributed by atoms with E-state index in [0.29, 0.717) is 11.5 Å². The molecule has 19 heavy (non-hydrogen) atoms. The topological polar surface area (TPSA) is 106 Å². The Labute approximate surface area is 116 Å². The number of hydrogen-bond acceptors (Lipinski definition) is 7. The summed E-state index contributed by atoms with van der Waals surface area (Å²) in [6.07, 6.45) is 0.0951. The minimum absolute atomic E-state index is 0.0951. The summed E-state index contributed by atoms with van der Waals surface area (Å²) in [6.45, 7) is 6.33. The molecule has 106 valence electrons. The highest BCUT2D eigenvalue weighted by molar-refractivity contribution is 7.11. The zero-order valence-electron chi connectivity index (χ0n) is 10.9. The van der Waals surface area contributed by atoms with Gasteiger partial charge in [-0.05, 0) is 18.1 Å². The maximum atomic E-state index is 11.3. The molecular formula is C11H19N5O2S. The molecule has 1 unspecified atom stereocenters. The number of hydrogen-bond donors (Lipinski definition) is 3. The lowest BCUT2D eigenvalue weighted by Crippen LogP contribution is -2.45. The lowest BCUT2D eigenvalue weighted by molar-refractivity contribution is -0.0191. The number of ether oxygens (including phenoxy) is 1. The van der Waals surface area contributed by atoms with Gasteiger partial charge in [0, 0.05) is 19.6 Å². The Morgan fingerprint density at radius 3 is 3.16 bits per heavy atom. The van der Waals surface area contributed by atoms with Crippen LogP contribution in [0.25, 0.3) is 0 Å². The predicted molar refractivity (Wildman–Crippen MR) is 75.4 cm³/mol. The highest BCUT2D eigenvalue weighted by Gasteiger charge is 2.21. The second kappa shape index (κ2) is 6.18. The van der Waals surface area contributed by atoms with Gasteiger partial charge in [0.05, 0.1) is 12.7 Å². The predicted octanol–water partition coefficient (Wildman–Crippen LogP) is -0.0432. The summed E-state index contributed by atoms with van der Waals surface area (Å²) in [5.41, 5.74) is 11.2. The summed E-state index contributed by atoms with van der Waals surface area (Å²) >= 11 is 1.14. The molecule has 5 N–H and O–H groups in total. The highest BCUT2D eigenvalue weighted by atomic mass is 32.1. The number of nitrogens with two attached hydrogens (primary N) is 2. The Balaban J connectivity index is 1.93. The van der Waals surface area contributed by atoms with E-state index in [2.05, 4.69) is 21.5 Å². The van der Waals surface area contributed by atoms with Crippen molar-refractivity contribution in [2.24, 2.45) is 5.73 Å². The van der Waals surface area contributed by atoms with Crippen molar-refractivity contribution in [3.8, 4) is 0 Å². The second-order valence-electron chi connectivity index (χ2n) is 4.40. The fourth-order valence-corrected chi connectivity index (χ4v) is 2.78. The Kier molecular flexibility index (Phi) is 4.56. The normalized spacial score (nSPS) is 20.4. The maximum absolute atomic E-state index is 11.3. The average molecular weight is 285 g/mol. The third-order valence-corrected chi connectivity index (χ3v) is 3.94. The number of aromatic nitrogens is 1. The molecule has 1 aromatic rings. The third-order valence-electron chi connectivity index (χ3n) is 3.13. The first kappa shape index (κ1) is 14.0. The van der Waals surface area contributed by atoms with Crippen LogP contribution in [0.5, 0.6) is 0 Å². The lowest BCUT2D eigenvalue weighted by atomic mass is 10.2. The minimum Gasteiger partial charge on any atom is -0.382 e. The van der Waals surface area contributed by atoms with Gasteiger partial charge in [-0.15, -0.1) is 0 Å². The molecule has 2 heterocycles. The number of nitrogen functional groups attached to an aromatic ring is 1. The molecule has 8 heteroatoms. The van der Waals surface area contributed by atoms with Gasteiger partial charge in [-0.1, -0.05) is 6.92 Å². The van der Waals surface area contributed by atoms with E-state index in [4.69, 9.17) is 16.2 Å². The van der Waals surface area contributed by atoms with Crippen LogP contribution in [0, 0.1) is 0 Å². The molecule has 0 bridgehead atoms. The van der Waals surface area contributed by atoms with Crippen LogP contribution in [-0.4, -0.2) is 54.1 Å². The first-order valence-electron chi connectivity index (χ1n) is 6.24. The molecule has 2 rings (SSSR count). The number of likely N-dealkylation sites (N-methyl/N-ethyl adjacent to an activating group) is 1. The number of carbonyl (C=O) groups excluding carboxylic acids is 1. The van der Waals surface area contributed by atoms with Crippen LogP contribution >= 0.6 is 11.5 Å². The van der Waals surface area contributed by atoms with Crippen molar-refractivity contribution < 1.29 is 9.53 Å². The van der Waals surface area contributed by atoms with Gasteiger partial charge in [0.2, 0.25) is 0 Å². The SMILES string of the molecule is CCN1CCOC(CNc2snc(N)c2C(N)=O)C1. The molecule has 7 nitrogen and oxygen atoms in total. The van der Waals surface area contributed by atoms with E-state index in [9.17, 15) is 4.79 Å². The Morgan fingerprint density at radius 2 is 2.47 bits per heavy atom. The first-order chi connectivity index (χ1) is 9.11. The van der Waals surface area contributed by atoms with Crippen molar-refractivity contribution in [3.63, 3.8) is 0 Å². The molecule has 0 aromatic carbocycles. The molecule has 1 fully saturated rings. The van der Waals surface area contributed by atoms with E-state index < -0.39 is 5.91 Å². The summed E-state index contributed by atoms with van der Waals surface area (Å²) in [6, 6.07) is 0. The van der Waals surface area contributed by atoms with Crippen LogP contribution in [0.2, 0.25) is 0 Å². The van der Waals surface area contributed by atoms with E-state index in [1.165, 1.54) is 0 Å². The first-order valence-corrected chi connectivity index (χ1v) is 7.02. The second-order valence-corrected chi connectivity index (χ2v) is 5.18. The monoisotopic (exact) mass is 285 g/mol. The fraction of sp³-hybridized carbons (Fsp3) is 0.636. The molecule has 0 aliphatic carbocycles. The molecule has 1 aliphatic rings. The summed E-state index contributed by atoms with van der Waals surface area (Å²) in [5, 5.41) is 3.77. The quantitative estimate of drug-likeness (QED) is 0.700. The number of amides is 1. The van der Waals surface area contributed by atoms with Crippen molar-refractivity contribution >= 4 is 28.3 Å². The fourth-order valence-electron chi connectivity index (χ4n) is 2.06. The minimum atomic E-state index is -0.562. The number of nitrogens with zero attached hydrogens (tertiary/aromatic N) is 2. The molecule has 0 spiro atoms. The van der Waals surface area contributed by atoms with Crippen molar-refractivity contribution in [1.29, 1.82) is 0 Å². The van der Waals surface area contributed by atoms with Crippen molar-refractivity contribution in [1.82, 2.24) is 9.27 Å². The van der Waals surface area contributed by atoms with E-state index in [-0.39, 0.29) is 17.5 Å². The Hall–Kier alpha value is -1.38. The van der Waals surface area contributed by atoms with Crippen LogP contribution in [0.4, 0.5) is 10.8 Å². The van der Waals surface area contributed by atoms with Gasteiger partial charge in [0.15, 0.2) is 5.82 Å². The number of primary amides is 1. The van der Waals surface area contributed by atoms with Crippen molar-refractivity contribution in [2.75, 3.05) is 43.8 Å². The van der Waals surface area contributed by atoms with Crippen LogP contribution in [0.1, 0.15) is 17.3 Å². The maximum Gasteiger partial charge on any atom is 0.255 e. The van der Waals surface area contributed by atoms with Crippen LogP contribution in [0.3, 0.4) is 0 Å². The van der Waals surface area contributed by atoms with Gasteiger partial charge in [-0.3, -0.25) is 9.69 Å². The largest absolute Gasteiger partial charge is 0.382 e. The number of rotatable bonds is 5. The van der Waals surface area contributed by atoms with E-state index >= 15 is 0 Å². The zero-order chi connectivity index (χ0) is 13.8. The molecular weight excluding hydrogens is 266 g/mol. The number of nitrogens with one attached hydrogen (secondary N) is 1. The molecule has 1 aliphatic heterocycles. The smallest absolute Gasteiger partial charge is 0.255 e. The van der Waals surface area contributed by atoms with Crippen molar-refractivity contribution in [2.45, 2.75) is 13.0 Å². The number of anilines is 2. The van der Waals surface area contributed by atoms with Gasteiger partial charge >= 0.3 is 0 Å². The summed E-state index contributed by atoms with van der Waals surface area (Å²) in [4.78, 5) is 13.6. The van der Waals surface area contributed by atoms with Gasteiger partial charge in [0.25, 0.3) is 5.91 Å². The van der Waals surface area contributed by atoms with Gasteiger partial charge in [-0.2, -0.15) is 4.37 Å². The Morgan fingerprint density at radius 1 is 1.68 bits per heavy atom. The van der Waals surface area contributed by atoms with Gasteiger partial charge < -0.3 is 21.5 Å². The number of morpholine rings is 1. The van der Waals surface area contributed by atoms with Gasteiger partial charge in [-0.25, -0.2) is 0 Å². The standard InChI is InChI=1S/C11H19N5O2S/c1-2-16-3-4-18-7(6-16)5-14-11-8(10(13)17)9(12)15-19-11/h7,14H,2-6H2,1H3,(H2,12,15)(H2,13,17). The molecule has 1 amide bonds. The highest BCUT2D eigenvalue weighted by Crippen LogP contribution is 2.26. The van der Waals surface area contributed by atoms with E-state index in [1.54, 1.807) is 0 Å². The van der Waals surface area contributed by atoms with Crippen molar-refractivity contribution in [3.05, 3.63) is 5.56 Å². The van der Waals surface area contributed by atoms with Crippen LogP contribution in [0.15, 0.2) is 0 Å². The average Bonchev–Trinajstić information content (AvgIpc) is 2.78. The van der Waals surface area contributed by atoms with E-state index in [0.717, 1.165) is 37.8 Å². The summed E-state index contributed by atoms with van der Waals surface area (Å²) in [5.74, 6) is -0.381. The third kappa shape index (κ3) is 3.34. The van der Waals surface area contributed by atoms with E-state index in [1.807, 2.05) is 0 Å². The molecule has 1 atom stereocenters. The zero-order valence-corrected chi connectivity index (χ0v) is 11.7. The Bertz CT molecular complexity index is 450. The van der Waals surface area contributed by atoms with Crippen LogP contribution in [-0.2, 0) is 4.74 Å². The molecule has 1 aromatic heterocycles. The summed E-state index contributed by atoms with van der Waals surface area (Å²) in [7, 11) is 0. The lowest BCUT2D eigenvalue weighted by Gasteiger charge is -2.32. The molecule has 0 saturated carbocycles. The van der Waals surface area contributed by atoms with Crippen LogP contribution < -0.4 is 16.8 Å². The number of carbonyl (C=O) groups is 1. The van der Waals surface area contributed by atoms with Gasteiger partial charge in [0.1, 0.15) is 10.6 Å². The summed E-state index contributed by atoms with van der Waals surface area (Å²) < 4.78 is 9.61. The molecule has 0 radical (unpaired) electrons. The molecule has 1 saturated heterocycles.